The van der Waals surface area contributed by atoms with Crippen molar-refractivity contribution in [3.63, 3.8) is 0 Å². The molecule has 0 radical (unpaired) electrons. The molecule has 3 nitrogen and oxygen atoms in total. The Bertz CT molecular complexity index is 439. The Kier molecular flexibility index (Phi) is 4.58. The number of hydrogen-bond acceptors (Lipinski definition) is 2. The molecule has 2 N–H and O–H groups in total. The van der Waals surface area contributed by atoms with Crippen molar-refractivity contribution in [1.82, 2.24) is 0 Å². The summed E-state index contributed by atoms with van der Waals surface area (Å²) < 4.78 is 1.000. The first-order valence-electron chi connectivity index (χ1n) is 5.35. The Morgan fingerprint density at radius 1 is 1.53 bits per heavy atom. The maximum absolute atomic E-state index is 11.6. The zero-order valence-electron chi connectivity index (χ0n) is 9.81. The molecule has 0 fully saturated rings. The lowest BCUT2D eigenvalue weighted by Gasteiger charge is -2.37. The van der Waals surface area contributed by atoms with E-state index in [0.717, 1.165) is 22.1 Å². The Morgan fingerprint density at radius 3 is 2.76 bits per heavy atom. The summed E-state index contributed by atoms with van der Waals surface area (Å²) in [6.07, 6.45) is 0.809. The van der Waals surface area contributed by atoms with Crippen LogP contribution in [0.5, 0.6) is 0 Å². The fourth-order valence-electron chi connectivity index (χ4n) is 2.36. The Labute approximate surface area is 116 Å². The lowest BCUT2D eigenvalue weighted by molar-refractivity contribution is -0.117. The molecule has 1 heterocycles. The number of anilines is 1. The van der Waals surface area contributed by atoms with Crippen molar-refractivity contribution in [3.05, 3.63) is 28.2 Å². The number of hydrogen-bond donors (Lipinski definition) is 1. The molecule has 2 rings (SSSR count). The molecule has 0 aromatic heterocycles. The van der Waals surface area contributed by atoms with Crippen molar-refractivity contribution in [2.24, 2.45) is 5.73 Å². The lowest BCUT2D eigenvalue weighted by Crippen LogP contribution is -2.43. The third kappa shape index (κ3) is 2.64. The van der Waals surface area contributed by atoms with Crippen molar-refractivity contribution in [3.8, 4) is 0 Å². The largest absolute Gasteiger partial charge is 0.324 e. The summed E-state index contributed by atoms with van der Waals surface area (Å²) in [6, 6.07) is 6.08. The van der Waals surface area contributed by atoms with Gasteiger partial charge >= 0.3 is 0 Å². The van der Waals surface area contributed by atoms with Gasteiger partial charge in [-0.15, -0.1) is 12.4 Å². The van der Waals surface area contributed by atoms with E-state index in [9.17, 15) is 4.79 Å². The molecule has 2 atom stereocenters. The molecule has 0 saturated heterocycles. The normalized spacial score (nSPS) is 22.7. The van der Waals surface area contributed by atoms with Crippen LogP contribution in [0.1, 0.15) is 31.9 Å². The van der Waals surface area contributed by atoms with Crippen LogP contribution in [-0.2, 0) is 4.79 Å². The van der Waals surface area contributed by atoms with Gasteiger partial charge in [-0.3, -0.25) is 4.79 Å². The molecular weight excluding hydrogens is 304 g/mol. The summed E-state index contributed by atoms with van der Waals surface area (Å²) in [5, 5.41) is 0. The van der Waals surface area contributed by atoms with E-state index < -0.39 is 0 Å². The Morgan fingerprint density at radius 2 is 2.18 bits per heavy atom. The highest BCUT2D eigenvalue weighted by Gasteiger charge is 2.30. The summed E-state index contributed by atoms with van der Waals surface area (Å²) >= 11 is 3.43. The van der Waals surface area contributed by atoms with Crippen molar-refractivity contribution in [2.75, 3.05) is 4.90 Å². The lowest BCUT2D eigenvalue weighted by atomic mass is 9.92. The van der Waals surface area contributed by atoms with Gasteiger partial charge in [-0.25, -0.2) is 0 Å². The number of nitrogens with two attached hydrogens (primary N) is 1. The molecule has 0 saturated carbocycles. The second kappa shape index (κ2) is 5.38. The van der Waals surface area contributed by atoms with Crippen molar-refractivity contribution in [2.45, 2.75) is 32.4 Å². The number of carbonyl (C=O) groups excluding carboxylic acids is 1. The van der Waals surface area contributed by atoms with Crippen LogP contribution in [0.2, 0.25) is 0 Å². The summed E-state index contributed by atoms with van der Waals surface area (Å²) in [4.78, 5) is 13.5. The van der Waals surface area contributed by atoms with E-state index in [4.69, 9.17) is 5.73 Å². The molecule has 0 bridgehead atoms. The molecule has 1 aromatic rings. The topological polar surface area (TPSA) is 46.3 Å². The first-order valence-corrected chi connectivity index (χ1v) is 6.15. The van der Waals surface area contributed by atoms with Gasteiger partial charge in [0.25, 0.3) is 0 Å². The van der Waals surface area contributed by atoms with E-state index in [1.165, 1.54) is 0 Å². The third-order valence-electron chi connectivity index (χ3n) is 3.02. The Balaban J connectivity index is 0.00000144. The minimum Gasteiger partial charge on any atom is -0.324 e. The predicted molar refractivity (Wildman–Crippen MR) is 75.6 cm³/mol. The van der Waals surface area contributed by atoms with Gasteiger partial charge in [0, 0.05) is 29.2 Å². The molecule has 0 spiro atoms. The minimum absolute atomic E-state index is 0. The van der Waals surface area contributed by atoms with Crippen LogP contribution >= 0.6 is 28.3 Å². The predicted octanol–water partition coefficient (Wildman–Crippen LogP) is 3.02. The maximum Gasteiger partial charge on any atom is 0.224 e. The number of nitrogens with zero attached hydrogens (tertiary/aromatic N) is 1. The molecule has 0 aliphatic carbocycles. The number of amides is 1. The van der Waals surface area contributed by atoms with Crippen LogP contribution in [0.15, 0.2) is 22.7 Å². The monoisotopic (exact) mass is 318 g/mol. The second-order valence-corrected chi connectivity index (χ2v) is 5.20. The average Bonchev–Trinajstić information content (AvgIpc) is 2.18. The molecule has 1 aliphatic heterocycles. The highest BCUT2D eigenvalue weighted by Crippen LogP contribution is 2.37. The zero-order chi connectivity index (χ0) is 11.9. The fourth-order valence-corrected chi connectivity index (χ4v) is 2.74. The fraction of sp³-hybridized carbons (Fsp3) is 0.417. The SMILES string of the molecule is CC(=O)N1c2ccc(Br)cc2C(N)CC1C.Cl. The summed E-state index contributed by atoms with van der Waals surface area (Å²) in [6.45, 7) is 3.63. The quantitative estimate of drug-likeness (QED) is 0.799. The van der Waals surface area contributed by atoms with Crippen LogP contribution in [0.25, 0.3) is 0 Å². The van der Waals surface area contributed by atoms with Gasteiger partial charge in [0.1, 0.15) is 0 Å². The molecule has 17 heavy (non-hydrogen) atoms. The van der Waals surface area contributed by atoms with Crippen LogP contribution in [0.3, 0.4) is 0 Å². The maximum atomic E-state index is 11.6. The molecule has 2 unspecified atom stereocenters. The van der Waals surface area contributed by atoms with Crippen LogP contribution in [-0.4, -0.2) is 11.9 Å². The van der Waals surface area contributed by atoms with E-state index in [1.807, 2.05) is 30.0 Å². The van der Waals surface area contributed by atoms with E-state index in [0.29, 0.717) is 0 Å². The highest BCUT2D eigenvalue weighted by atomic mass is 79.9. The van der Waals surface area contributed by atoms with E-state index in [-0.39, 0.29) is 30.4 Å². The first kappa shape index (κ1) is 14.5. The van der Waals surface area contributed by atoms with Gasteiger partial charge < -0.3 is 10.6 Å². The van der Waals surface area contributed by atoms with Gasteiger partial charge in [0.15, 0.2) is 0 Å². The van der Waals surface area contributed by atoms with E-state index >= 15 is 0 Å². The highest BCUT2D eigenvalue weighted by molar-refractivity contribution is 9.10. The number of benzene rings is 1. The van der Waals surface area contributed by atoms with Crippen LogP contribution in [0.4, 0.5) is 5.69 Å². The van der Waals surface area contributed by atoms with Gasteiger partial charge in [0.05, 0.1) is 0 Å². The number of fused-ring (bicyclic) bond motifs is 1. The molecule has 1 aromatic carbocycles. The zero-order valence-corrected chi connectivity index (χ0v) is 12.2. The molecule has 1 amide bonds. The van der Waals surface area contributed by atoms with Crippen molar-refractivity contribution < 1.29 is 4.79 Å². The van der Waals surface area contributed by atoms with Crippen molar-refractivity contribution in [1.29, 1.82) is 0 Å². The average molecular weight is 320 g/mol. The van der Waals surface area contributed by atoms with Gasteiger partial charge in [0.2, 0.25) is 5.91 Å². The van der Waals surface area contributed by atoms with Crippen LogP contribution < -0.4 is 10.6 Å². The molecule has 5 heteroatoms. The first-order chi connectivity index (χ1) is 7.50. The van der Waals surface area contributed by atoms with Gasteiger partial charge in [-0.1, -0.05) is 15.9 Å². The van der Waals surface area contributed by atoms with E-state index in [2.05, 4.69) is 15.9 Å². The number of halogens is 2. The van der Waals surface area contributed by atoms with Gasteiger partial charge in [-0.05, 0) is 37.1 Å². The third-order valence-corrected chi connectivity index (χ3v) is 3.52. The number of rotatable bonds is 0. The molecular formula is C12H16BrClN2O. The number of carbonyl (C=O) groups is 1. The van der Waals surface area contributed by atoms with Crippen LogP contribution in [0, 0.1) is 0 Å². The summed E-state index contributed by atoms with van der Waals surface area (Å²) in [7, 11) is 0. The van der Waals surface area contributed by atoms with Gasteiger partial charge in [-0.2, -0.15) is 0 Å². The van der Waals surface area contributed by atoms with Crippen molar-refractivity contribution >= 4 is 39.9 Å². The second-order valence-electron chi connectivity index (χ2n) is 4.28. The molecule has 94 valence electrons. The standard InChI is InChI=1S/C12H15BrN2O.ClH/c1-7-5-11(14)10-6-9(13)3-4-12(10)15(7)8(2)16;/h3-4,6-7,11H,5,14H2,1-2H3;1H. The summed E-state index contributed by atoms with van der Waals surface area (Å²) in [5.74, 6) is 0.0722. The minimum atomic E-state index is 0. The smallest absolute Gasteiger partial charge is 0.224 e. The molecule has 1 aliphatic rings. The van der Waals surface area contributed by atoms with E-state index in [1.54, 1.807) is 6.92 Å². The summed E-state index contributed by atoms with van der Waals surface area (Å²) in [5.41, 5.74) is 8.10. The Hall–Kier alpha value is -0.580.